The number of carbonyl (C=O) groups is 1. The largest absolute Gasteiger partial charge is 0.396 e. The molecular weight excluding hydrogens is 218 g/mol. The zero-order chi connectivity index (χ0) is 12.7. The van der Waals surface area contributed by atoms with Gasteiger partial charge in [0.15, 0.2) is 0 Å². The molecule has 0 saturated carbocycles. The molecule has 0 radical (unpaired) electrons. The second-order valence-electron chi connectivity index (χ2n) is 3.96. The van der Waals surface area contributed by atoms with Crippen molar-refractivity contribution in [3.63, 3.8) is 0 Å². The highest BCUT2D eigenvalue weighted by Crippen LogP contribution is 2.10. The lowest BCUT2D eigenvalue weighted by Crippen LogP contribution is -2.16. The van der Waals surface area contributed by atoms with E-state index in [4.69, 9.17) is 10.8 Å². The van der Waals surface area contributed by atoms with E-state index < -0.39 is 5.91 Å². The molecule has 5 heteroatoms. The average Bonchev–Trinajstić information content (AvgIpc) is 2.35. The number of nitrogens with two attached hydrogens (primary N) is 1. The van der Waals surface area contributed by atoms with Gasteiger partial charge in [0.1, 0.15) is 5.82 Å². The van der Waals surface area contributed by atoms with E-state index in [1.165, 1.54) is 6.20 Å². The molecule has 1 unspecified atom stereocenters. The fourth-order valence-electron chi connectivity index (χ4n) is 1.53. The molecule has 0 aliphatic rings. The SMILES string of the molecule is CCC(CCO)CNc1ccc(C(N)=O)cn1. The van der Waals surface area contributed by atoms with Crippen molar-refractivity contribution < 1.29 is 9.90 Å². The van der Waals surface area contributed by atoms with Crippen molar-refractivity contribution in [3.8, 4) is 0 Å². The van der Waals surface area contributed by atoms with Crippen LogP contribution in [0.15, 0.2) is 18.3 Å². The number of primary amides is 1. The summed E-state index contributed by atoms with van der Waals surface area (Å²) in [6, 6.07) is 3.37. The van der Waals surface area contributed by atoms with Crippen LogP contribution in [0.4, 0.5) is 5.82 Å². The minimum Gasteiger partial charge on any atom is -0.396 e. The van der Waals surface area contributed by atoms with Crippen molar-refractivity contribution in [2.24, 2.45) is 11.7 Å². The summed E-state index contributed by atoms with van der Waals surface area (Å²) >= 11 is 0. The standard InChI is InChI=1S/C12H19N3O2/c1-2-9(5-6-16)7-14-11-4-3-10(8-15-11)12(13)17/h3-4,8-9,16H,2,5-7H2,1H3,(H2,13,17)(H,14,15). The van der Waals surface area contributed by atoms with Crippen LogP contribution in [-0.2, 0) is 0 Å². The fraction of sp³-hybridized carbons (Fsp3) is 0.500. The zero-order valence-corrected chi connectivity index (χ0v) is 10.0. The van der Waals surface area contributed by atoms with Gasteiger partial charge in [-0.1, -0.05) is 13.3 Å². The van der Waals surface area contributed by atoms with Gasteiger partial charge in [0.2, 0.25) is 5.91 Å². The Kier molecular flexibility index (Phi) is 5.42. The third kappa shape index (κ3) is 4.40. The smallest absolute Gasteiger partial charge is 0.250 e. The second kappa shape index (κ2) is 6.85. The van der Waals surface area contributed by atoms with Crippen molar-refractivity contribution in [2.45, 2.75) is 19.8 Å². The molecule has 5 nitrogen and oxygen atoms in total. The second-order valence-corrected chi connectivity index (χ2v) is 3.96. The monoisotopic (exact) mass is 237 g/mol. The van der Waals surface area contributed by atoms with E-state index in [9.17, 15) is 4.79 Å². The Hall–Kier alpha value is -1.62. The number of aliphatic hydroxyl groups is 1. The van der Waals surface area contributed by atoms with E-state index in [0.29, 0.717) is 17.3 Å². The molecule has 1 aromatic rings. The maximum absolute atomic E-state index is 10.8. The summed E-state index contributed by atoms with van der Waals surface area (Å²) in [4.78, 5) is 14.9. The van der Waals surface area contributed by atoms with E-state index in [1.54, 1.807) is 12.1 Å². The molecule has 1 rings (SSSR count). The molecule has 1 aromatic heterocycles. The number of pyridine rings is 1. The predicted octanol–water partition coefficient (Wildman–Crippen LogP) is 1.00. The summed E-state index contributed by atoms with van der Waals surface area (Å²) in [5.74, 6) is 0.666. The molecule has 1 heterocycles. The third-order valence-electron chi connectivity index (χ3n) is 2.73. The molecule has 1 amide bonds. The Morgan fingerprint density at radius 3 is 2.82 bits per heavy atom. The van der Waals surface area contributed by atoms with Crippen LogP contribution in [0.5, 0.6) is 0 Å². The molecule has 0 aliphatic heterocycles. The first kappa shape index (κ1) is 13.4. The number of amides is 1. The number of hydrogen-bond donors (Lipinski definition) is 3. The highest BCUT2D eigenvalue weighted by Gasteiger charge is 2.06. The van der Waals surface area contributed by atoms with E-state index in [2.05, 4.69) is 17.2 Å². The lowest BCUT2D eigenvalue weighted by molar-refractivity contribution is 0.1000. The molecule has 0 spiro atoms. The van der Waals surface area contributed by atoms with Crippen LogP contribution in [-0.4, -0.2) is 29.1 Å². The van der Waals surface area contributed by atoms with Gasteiger partial charge in [0, 0.05) is 19.3 Å². The number of aromatic nitrogens is 1. The first-order valence-corrected chi connectivity index (χ1v) is 5.78. The predicted molar refractivity (Wildman–Crippen MR) is 66.7 cm³/mol. The van der Waals surface area contributed by atoms with Gasteiger partial charge in [-0.15, -0.1) is 0 Å². The van der Waals surface area contributed by atoms with Crippen molar-refractivity contribution in [2.75, 3.05) is 18.5 Å². The van der Waals surface area contributed by atoms with Crippen LogP contribution in [0.25, 0.3) is 0 Å². The minimum absolute atomic E-state index is 0.203. The minimum atomic E-state index is -0.476. The van der Waals surface area contributed by atoms with Gasteiger partial charge in [-0.3, -0.25) is 4.79 Å². The summed E-state index contributed by atoms with van der Waals surface area (Å²) in [5.41, 5.74) is 5.52. The number of aliphatic hydroxyl groups excluding tert-OH is 1. The highest BCUT2D eigenvalue weighted by molar-refractivity contribution is 5.92. The van der Waals surface area contributed by atoms with Crippen LogP contribution in [0.3, 0.4) is 0 Å². The number of hydrogen-bond acceptors (Lipinski definition) is 4. The topological polar surface area (TPSA) is 88.2 Å². The van der Waals surface area contributed by atoms with Crippen LogP contribution in [0.2, 0.25) is 0 Å². The van der Waals surface area contributed by atoms with Crippen molar-refractivity contribution in [1.29, 1.82) is 0 Å². The molecular formula is C12H19N3O2. The summed E-state index contributed by atoms with van der Waals surface area (Å²) in [6.45, 7) is 3.06. The first-order chi connectivity index (χ1) is 8.17. The van der Waals surface area contributed by atoms with Gasteiger partial charge in [0.05, 0.1) is 5.56 Å². The Morgan fingerprint density at radius 1 is 1.59 bits per heavy atom. The van der Waals surface area contributed by atoms with Crippen LogP contribution in [0, 0.1) is 5.92 Å². The molecule has 1 atom stereocenters. The normalized spacial score (nSPS) is 12.1. The Labute approximate surface area is 101 Å². The molecule has 0 fully saturated rings. The lowest BCUT2D eigenvalue weighted by Gasteiger charge is -2.14. The molecule has 0 bridgehead atoms. The molecule has 0 aromatic carbocycles. The van der Waals surface area contributed by atoms with Gasteiger partial charge >= 0.3 is 0 Å². The first-order valence-electron chi connectivity index (χ1n) is 5.78. The number of nitrogens with one attached hydrogen (secondary N) is 1. The van der Waals surface area contributed by atoms with Gasteiger partial charge in [0.25, 0.3) is 0 Å². The summed E-state index contributed by atoms with van der Waals surface area (Å²) in [6.07, 6.45) is 3.24. The van der Waals surface area contributed by atoms with E-state index in [-0.39, 0.29) is 6.61 Å². The quantitative estimate of drug-likeness (QED) is 0.660. The van der Waals surface area contributed by atoms with Crippen molar-refractivity contribution >= 4 is 11.7 Å². The number of rotatable bonds is 7. The number of nitrogens with zero attached hydrogens (tertiary/aromatic N) is 1. The Balaban J connectivity index is 2.48. The highest BCUT2D eigenvalue weighted by atomic mass is 16.3. The maximum Gasteiger partial charge on any atom is 0.250 e. The third-order valence-corrected chi connectivity index (χ3v) is 2.73. The van der Waals surface area contributed by atoms with Crippen molar-refractivity contribution in [3.05, 3.63) is 23.9 Å². The van der Waals surface area contributed by atoms with Gasteiger partial charge < -0.3 is 16.2 Å². The summed E-state index contributed by atoms with van der Waals surface area (Å²) in [5, 5.41) is 12.0. The molecule has 17 heavy (non-hydrogen) atoms. The number of anilines is 1. The van der Waals surface area contributed by atoms with Crippen LogP contribution >= 0.6 is 0 Å². The lowest BCUT2D eigenvalue weighted by atomic mass is 10.0. The van der Waals surface area contributed by atoms with Gasteiger partial charge in [-0.25, -0.2) is 4.98 Å². The van der Waals surface area contributed by atoms with Gasteiger partial charge in [-0.2, -0.15) is 0 Å². The van der Waals surface area contributed by atoms with Crippen molar-refractivity contribution in [1.82, 2.24) is 4.98 Å². The van der Waals surface area contributed by atoms with Crippen LogP contribution in [0.1, 0.15) is 30.1 Å². The zero-order valence-electron chi connectivity index (χ0n) is 10.0. The Morgan fingerprint density at radius 2 is 2.35 bits per heavy atom. The molecule has 0 saturated heterocycles. The van der Waals surface area contributed by atoms with E-state index in [0.717, 1.165) is 19.4 Å². The average molecular weight is 237 g/mol. The molecule has 4 N–H and O–H groups in total. The van der Waals surface area contributed by atoms with Crippen LogP contribution < -0.4 is 11.1 Å². The molecule has 94 valence electrons. The summed E-state index contributed by atoms with van der Waals surface area (Å²) in [7, 11) is 0. The number of carbonyl (C=O) groups excluding carboxylic acids is 1. The fourth-order valence-corrected chi connectivity index (χ4v) is 1.53. The maximum atomic E-state index is 10.8. The summed E-state index contributed by atoms with van der Waals surface area (Å²) < 4.78 is 0. The van der Waals surface area contributed by atoms with Gasteiger partial charge in [-0.05, 0) is 24.5 Å². The van der Waals surface area contributed by atoms with E-state index in [1.807, 2.05) is 0 Å². The Bertz CT molecular complexity index is 351. The molecule has 0 aliphatic carbocycles. The van der Waals surface area contributed by atoms with E-state index >= 15 is 0 Å².